The summed E-state index contributed by atoms with van der Waals surface area (Å²) in [4.78, 5) is 16.1. The highest BCUT2D eigenvalue weighted by atomic mass is 127. The van der Waals surface area contributed by atoms with E-state index in [1.807, 2.05) is 6.92 Å². The minimum atomic E-state index is -4.58. The molecule has 4 nitrogen and oxygen atoms in total. The maximum atomic E-state index is 13.4. The molecule has 1 atom stereocenters. The maximum Gasteiger partial charge on any atom is 0.419 e. The number of alkyl halides is 3. The zero-order chi connectivity index (χ0) is 17.7. The molecule has 2 heterocycles. The van der Waals surface area contributed by atoms with E-state index >= 15 is 0 Å². The number of halogens is 4. The van der Waals surface area contributed by atoms with E-state index in [-0.39, 0.29) is 20.8 Å². The number of aromatic nitrogens is 2. The van der Waals surface area contributed by atoms with Crippen LogP contribution < -0.4 is 10.9 Å². The van der Waals surface area contributed by atoms with Crippen molar-refractivity contribution in [3.05, 3.63) is 43.5 Å². The Balaban J connectivity index is 2.15. The number of pyridine rings is 1. The van der Waals surface area contributed by atoms with E-state index in [0.717, 1.165) is 29.7 Å². The lowest BCUT2D eigenvalue weighted by Crippen LogP contribution is -2.49. The Morgan fingerprint density at radius 1 is 1.42 bits per heavy atom. The average molecular weight is 451 g/mol. The number of hydrogen-bond acceptors (Lipinski definition) is 3. The number of rotatable bonds is 3. The molecule has 24 heavy (non-hydrogen) atoms. The summed E-state index contributed by atoms with van der Waals surface area (Å²) in [6.45, 7) is 3.88. The van der Waals surface area contributed by atoms with Gasteiger partial charge in [0.25, 0.3) is 5.56 Å². The average Bonchev–Trinajstić information content (AvgIpc) is 2.47. The maximum absolute atomic E-state index is 13.4. The van der Waals surface area contributed by atoms with Crippen molar-refractivity contribution in [1.29, 1.82) is 0 Å². The Bertz CT molecular complexity index is 843. The Morgan fingerprint density at radius 3 is 2.62 bits per heavy atom. The summed E-state index contributed by atoms with van der Waals surface area (Å²) in [5.41, 5.74) is -1.37. The fourth-order valence-electron chi connectivity index (χ4n) is 3.09. The lowest BCUT2D eigenvalue weighted by Gasteiger charge is -2.41. The molecule has 2 aromatic heterocycles. The minimum absolute atomic E-state index is 0.0545. The molecule has 0 bridgehead atoms. The van der Waals surface area contributed by atoms with Gasteiger partial charge in [0.2, 0.25) is 0 Å². The highest BCUT2D eigenvalue weighted by Crippen LogP contribution is 2.36. The van der Waals surface area contributed by atoms with Crippen molar-refractivity contribution < 1.29 is 13.2 Å². The second-order valence-corrected chi connectivity index (χ2v) is 7.73. The van der Waals surface area contributed by atoms with Gasteiger partial charge in [0.1, 0.15) is 0 Å². The molecule has 0 amide bonds. The van der Waals surface area contributed by atoms with Gasteiger partial charge in [-0.1, -0.05) is 0 Å². The highest BCUT2D eigenvalue weighted by Gasteiger charge is 2.36. The van der Waals surface area contributed by atoms with Crippen LogP contribution in [0.1, 0.15) is 50.3 Å². The molecule has 0 saturated heterocycles. The second kappa shape index (κ2) is 5.98. The van der Waals surface area contributed by atoms with Crippen LogP contribution in [0.3, 0.4) is 0 Å². The molecule has 0 aliphatic heterocycles. The topological polar surface area (TPSA) is 46.4 Å². The number of hydrogen-bond donors (Lipinski definition) is 1. The van der Waals surface area contributed by atoms with Crippen LogP contribution in [0.15, 0.2) is 23.3 Å². The first-order valence-electron chi connectivity index (χ1n) is 7.66. The lowest BCUT2D eigenvalue weighted by atomic mass is 9.78. The van der Waals surface area contributed by atoms with Crippen molar-refractivity contribution in [3.8, 4) is 0 Å². The van der Waals surface area contributed by atoms with Gasteiger partial charge in [-0.05, 0) is 67.3 Å². The standard InChI is InChI=1S/C16H17F3IN3O/c1-9(22-15(2)4-3-5-15)10-6-11(16(17,18)19)13-21-7-12(20)14(24)23(13)8-10/h6-9,22H,3-5H2,1-2H3. The summed E-state index contributed by atoms with van der Waals surface area (Å²) in [6, 6.07) is 0.791. The van der Waals surface area contributed by atoms with Crippen LogP contribution in [-0.4, -0.2) is 14.9 Å². The van der Waals surface area contributed by atoms with E-state index in [2.05, 4.69) is 17.2 Å². The van der Waals surface area contributed by atoms with E-state index in [9.17, 15) is 18.0 Å². The van der Waals surface area contributed by atoms with E-state index in [1.165, 1.54) is 12.4 Å². The van der Waals surface area contributed by atoms with Crippen LogP contribution in [0.25, 0.3) is 5.65 Å². The summed E-state index contributed by atoms with van der Waals surface area (Å²) in [6.07, 6.45) is 1.16. The first-order chi connectivity index (χ1) is 11.1. The van der Waals surface area contributed by atoms with Crippen LogP contribution >= 0.6 is 22.6 Å². The van der Waals surface area contributed by atoms with Crippen LogP contribution in [0.5, 0.6) is 0 Å². The van der Waals surface area contributed by atoms with Crippen LogP contribution in [-0.2, 0) is 6.18 Å². The third-order valence-electron chi connectivity index (χ3n) is 4.61. The molecule has 0 radical (unpaired) electrons. The molecule has 1 saturated carbocycles. The monoisotopic (exact) mass is 451 g/mol. The summed E-state index contributed by atoms with van der Waals surface area (Å²) in [5.74, 6) is 0. The minimum Gasteiger partial charge on any atom is -0.305 e. The number of nitrogens with one attached hydrogen (secondary N) is 1. The summed E-state index contributed by atoms with van der Waals surface area (Å²) in [7, 11) is 0. The van der Waals surface area contributed by atoms with E-state index in [1.54, 1.807) is 22.6 Å². The molecule has 0 spiro atoms. The Kier molecular flexibility index (Phi) is 4.40. The van der Waals surface area contributed by atoms with Gasteiger partial charge in [0.15, 0.2) is 5.65 Å². The summed E-state index contributed by atoms with van der Waals surface area (Å²) >= 11 is 1.78. The smallest absolute Gasteiger partial charge is 0.305 e. The fraction of sp³-hybridized carbons (Fsp3) is 0.500. The van der Waals surface area contributed by atoms with Crippen molar-refractivity contribution in [2.24, 2.45) is 0 Å². The predicted octanol–water partition coefficient (Wildman–Crippen LogP) is 3.91. The van der Waals surface area contributed by atoms with Crippen molar-refractivity contribution in [3.63, 3.8) is 0 Å². The molecular weight excluding hydrogens is 434 g/mol. The van der Waals surface area contributed by atoms with E-state index in [0.29, 0.717) is 5.56 Å². The van der Waals surface area contributed by atoms with Gasteiger partial charge >= 0.3 is 6.18 Å². The molecule has 3 rings (SSSR count). The Morgan fingerprint density at radius 2 is 2.08 bits per heavy atom. The van der Waals surface area contributed by atoms with Crippen molar-refractivity contribution in [2.45, 2.75) is 50.9 Å². The van der Waals surface area contributed by atoms with Gasteiger partial charge in [0, 0.05) is 24.0 Å². The fourth-order valence-corrected chi connectivity index (χ4v) is 3.49. The van der Waals surface area contributed by atoms with Gasteiger partial charge in [0.05, 0.1) is 9.13 Å². The Labute approximate surface area is 150 Å². The van der Waals surface area contributed by atoms with Crippen molar-refractivity contribution >= 4 is 28.2 Å². The van der Waals surface area contributed by atoms with Crippen LogP contribution in [0, 0.1) is 3.57 Å². The molecule has 130 valence electrons. The zero-order valence-electron chi connectivity index (χ0n) is 13.2. The lowest BCUT2D eigenvalue weighted by molar-refractivity contribution is -0.136. The van der Waals surface area contributed by atoms with Crippen LogP contribution in [0.2, 0.25) is 0 Å². The predicted molar refractivity (Wildman–Crippen MR) is 93.0 cm³/mol. The van der Waals surface area contributed by atoms with Gasteiger partial charge < -0.3 is 5.32 Å². The molecule has 0 aromatic carbocycles. The van der Waals surface area contributed by atoms with E-state index < -0.39 is 17.3 Å². The van der Waals surface area contributed by atoms with Gasteiger partial charge in [-0.25, -0.2) is 4.98 Å². The largest absolute Gasteiger partial charge is 0.419 e. The number of nitrogens with zero attached hydrogens (tertiary/aromatic N) is 2. The third-order valence-corrected chi connectivity index (χ3v) is 5.35. The van der Waals surface area contributed by atoms with Gasteiger partial charge in [-0.15, -0.1) is 0 Å². The molecule has 1 aliphatic carbocycles. The first-order valence-corrected chi connectivity index (χ1v) is 8.74. The third kappa shape index (κ3) is 3.17. The molecule has 1 N–H and O–H groups in total. The molecule has 8 heteroatoms. The van der Waals surface area contributed by atoms with Crippen molar-refractivity contribution in [2.75, 3.05) is 0 Å². The van der Waals surface area contributed by atoms with Gasteiger partial charge in [-0.3, -0.25) is 9.20 Å². The summed E-state index contributed by atoms with van der Waals surface area (Å²) in [5, 5.41) is 3.38. The van der Waals surface area contributed by atoms with Crippen LogP contribution in [0.4, 0.5) is 13.2 Å². The quantitative estimate of drug-likeness (QED) is 0.721. The second-order valence-electron chi connectivity index (χ2n) is 6.57. The zero-order valence-corrected chi connectivity index (χ0v) is 15.4. The number of fused-ring (bicyclic) bond motifs is 1. The highest BCUT2D eigenvalue weighted by molar-refractivity contribution is 14.1. The first kappa shape index (κ1) is 17.7. The molecule has 1 fully saturated rings. The normalized spacial score (nSPS) is 18.4. The molecule has 1 unspecified atom stereocenters. The molecular formula is C16H17F3IN3O. The van der Waals surface area contributed by atoms with Crippen molar-refractivity contribution in [1.82, 2.24) is 14.7 Å². The van der Waals surface area contributed by atoms with Gasteiger partial charge in [-0.2, -0.15) is 13.2 Å². The molecule has 1 aliphatic rings. The Hall–Kier alpha value is -1.16. The SMILES string of the molecule is CC(NC1(C)CCC1)c1cc(C(F)(F)F)c2ncc(I)c(=O)n2c1. The van der Waals surface area contributed by atoms with E-state index in [4.69, 9.17) is 0 Å². The molecule has 2 aromatic rings. The summed E-state index contributed by atoms with van der Waals surface area (Å²) < 4.78 is 41.6.